The number of carbonyl (C=O) groups excluding carboxylic acids is 1. The van der Waals surface area contributed by atoms with Gasteiger partial charge in [-0.2, -0.15) is 0 Å². The largest absolute Gasteiger partial charge is 0.496 e. The van der Waals surface area contributed by atoms with Gasteiger partial charge in [0.1, 0.15) is 11.5 Å². The van der Waals surface area contributed by atoms with E-state index >= 15 is 0 Å². The lowest BCUT2D eigenvalue weighted by Crippen LogP contribution is -2.53. The minimum Gasteiger partial charge on any atom is -0.496 e. The highest BCUT2D eigenvalue weighted by atomic mass is 35.5. The normalized spacial score (nSPS) is 22.3. The van der Waals surface area contributed by atoms with E-state index in [1.165, 1.54) is 0 Å². The standard InChI is InChI=1S/C22H27N3O3.ClH/c1-27-20-9-5-3-7-16(20)19-15-23-12-14-24(19)18-11-13-25(22(18)26)17-8-4-6-10-21(17)28-2;/h3-10,18-19,23H,11-15H2,1-2H3;1H. The lowest BCUT2D eigenvalue weighted by atomic mass is 9.99. The molecule has 2 unspecified atom stereocenters. The minimum absolute atomic E-state index is 0. The van der Waals surface area contributed by atoms with Gasteiger partial charge in [-0.15, -0.1) is 12.4 Å². The van der Waals surface area contributed by atoms with Gasteiger partial charge >= 0.3 is 0 Å². The Hall–Kier alpha value is -2.28. The zero-order chi connectivity index (χ0) is 19.5. The van der Waals surface area contributed by atoms with Gasteiger partial charge in [-0.25, -0.2) is 0 Å². The Bertz CT molecular complexity index is 848. The van der Waals surface area contributed by atoms with Gasteiger partial charge in [0.05, 0.1) is 32.0 Å². The van der Waals surface area contributed by atoms with Gasteiger partial charge in [0.2, 0.25) is 5.91 Å². The van der Waals surface area contributed by atoms with E-state index in [0.29, 0.717) is 6.54 Å². The van der Waals surface area contributed by atoms with E-state index in [-0.39, 0.29) is 30.4 Å². The molecule has 2 atom stereocenters. The lowest BCUT2D eigenvalue weighted by molar-refractivity contribution is -0.122. The molecule has 0 spiro atoms. The highest BCUT2D eigenvalue weighted by Gasteiger charge is 2.41. The van der Waals surface area contributed by atoms with Crippen LogP contribution in [0.1, 0.15) is 18.0 Å². The van der Waals surface area contributed by atoms with Crippen LogP contribution < -0.4 is 19.7 Å². The second kappa shape index (κ2) is 9.48. The quantitative estimate of drug-likeness (QED) is 0.810. The van der Waals surface area contributed by atoms with Crippen LogP contribution in [0, 0.1) is 0 Å². The smallest absolute Gasteiger partial charge is 0.244 e. The molecule has 2 aromatic carbocycles. The van der Waals surface area contributed by atoms with Crippen molar-refractivity contribution in [1.29, 1.82) is 0 Å². The third-order valence-corrected chi connectivity index (χ3v) is 5.74. The predicted molar refractivity (Wildman–Crippen MR) is 116 cm³/mol. The summed E-state index contributed by atoms with van der Waals surface area (Å²) < 4.78 is 11.1. The Kier molecular flexibility index (Phi) is 7.00. The number of hydrogen-bond acceptors (Lipinski definition) is 5. The lowest BCUT2D eigenvalue weighted by Gasteiger charge is -2.40. The summed E-state index contributed by atoms with van der Waals surface area (Å²) in [5.74, 6) is 1.75. The molecule has 6 nitrogen and oxygen atoms in total. The number of anilines is 1. The Morgan fingerprint density at radius 1 is 0.931 bits per heavy atom. The molecule has 0 bridgehead atoms. The average molecular weight is 418 g/mol. The van der Waals surface area contributed by atoms with Crippen molar-refractivity contribution in [2.45, 2.75) is 18.5 Å². The molecule has 2 aliphatic rings. The first-order valence-corrected chi connectivity index (χ1v) is 9.78. The topological polar surface area (TPSA) is 54.0 Å². The summed E-state index contributed by atoms with van der Waals surface area (Å²) in [6, 6.07) is 15.8. The summed E-state index contributed by atoms with van der Waals surface area (Å²) in [5, 5.41) is 3.47. The molecule has 0 saturated carbocycles. The van der Waals surface area contributed by atoms with Crippen LogP contribution in [-0.4, -0.2) is 57.2 Å². The summed E-state index contributed by atoms with van der Waals surface area (Å²) in [6.45, 7) is 3.22. The van der Waals surface area contributed by atoms with Gasteiger partial charge in [-0.3, -0.25) is 9.69 Å². The summed E-state index contributed by atoms with van der Waals surface area (Å²) in [6.07, 6.45) is 0.808. The molecule has 1 N–H and O–H groups in total. The van der Waals surface area contributed by atoms with Gasteiger partial charge in [0.25, 0.3) is 0 Å². The molecule has 0 aliphatic carbocycles. The fourth-order valence-corrected chi connectivity index (χ4v) is 4.39. The van der Waals surface area contributed by atoms with E-state index in [2.05, 4.69) is 16.3 Å². The molecule has 1 amide bonds. The number of benzene rings is 2. The van der Waals surface area contributed by atoms with Gasteiger partial charge in [0.15, 0.2) is 0 Å². The summed E-state index contributed by atoms with van der Waals surface area (Å²) in [7, 11) is 3.34. The summed E-state index contributed by atoms with van der Waals surface area (Å²) in [4.78, 5) is 17.6. The molecule has 4 rings (SSSR count). The van der Waals surface area contributed by atoms with Crippen LogP contribution in [0.3, 0.4) is 0 Å². The van der Waals surface area contributed by atoms with Crippen molar-refractivity contribution in [3.05, 3.63) is 54.1 Å². The number of ether oxygens (including phenoxy) is 2. The zero-order valence-corrected chi connectivity index (χ0v) is 17.7. The first-order valence-electron chi connectivity index (χ1n) is 9.78. The number of hydrogen-bond donors (Lipinski definition) is 1. The fourth-order valence-electron chi connectivity index (χ4n) is 4.39. The van der Waals surface area contributed by atoms with Crippen molar-refractivity contribution in [2.24, 2.45) is 0 Å². The Labute approximate surface area is 178 Å². The van der Waals surface area contributed by atoms with Gasteiger partial charge < -0.3 is 19.7 Å². The molecule has 7 heteroatoms. The molecule has 2 saturated heterocycles. The van der Waals surface area contributed by atoms with Crippen molar-refractivity contribution in [2.75, 3.05) is 45.3 Å². The molecule has 2 fully saturated rings. The van der Waals surface area contributed by atoms with Crippen molar-refractivity contribution in [3.8, 4) is 11.5 Å². The second-order valence-corrected chi connectivity index (χ2v) is 7.17. The van der Waals surface area contributed by atoms with Gasteiger partial charge in [0, 0.05) is 31.7 Å². The van der Waals surface area contributed by atoms with E-state index in [4.69, 9.17) is 9.47 Å². The van der Waals surface area contributed by atoms with Crippen molar-refractivity contribution >= 4 is 24.0 Å². The number of nitrogens with zero attached hydrogens (tertiary/aromatic N) is 2. The number of para-hydroxylation sites is 3. The third-order valence-electron chi connectivity index (χ3n) is 5.74. The number of carbonyl (C=O) groups is 1. The number of halogens is 1. The van der Waals surface area contributed by atoms with Crippen LogP contribution in [0.5, 0.6) is 11.5 Å². The summed E-state index contributed by atoms with van der Waals surface area (Å²) >= 11 is 0. The number of piperazine rings is 1. The maximum Gasteiger partial charge on any atom is 0.244 e. The number of nitrogens with one attached hydrogen (secondary N) is 1. The molecular weight excluding hydrogens is 390 g/mol. The van der Waals surface area contributed by atoms with E-state index < -0.39 is 0 Å². The molecule has 2 aliphatic heterocycles. The highest BCUT2D eigenvalue weighted by Crippen LogP contribution is 2.36. The fraction of sp³-hybridized carbons (Fsp3) is 0.409. The van der Waals surface area contributed by atoms with Crippen LogP contribution in [0.25, 0.3) is 0 Å². The molecule has 29 heavy (non-hydrogen) atoms. The summed E-state index contributed by atoms with van der Waals surface area (Å²) in [5.41, 5.74) is 1.97. The van der Waals surface area contributed by atoms with Crippen molar-refractivity contribution in [1.82, 2.24) is 10.2 Å². The van der Waals surface area contributed by atoms with Crippen LogP contribution in [0.2, 0.25) is 0 Å². The monoisotopic (exact) mass is 417 g/mol. The molecule has 2 heterocycles. The molecule has 156 valence electrons. The van der Waals surface area contributed by atoms with Crippen molar-refractivity contribution in [3.63, 3.8) is 0 Å². The SMILES string of the molecule is COc1ccccc1C1CNCCN1C1CCN(c2ccccc2OC)C1=O.Cl. The van der Waals surface area contributed by atoms with Gasteiger partial charge in [-0.1, -0.05) is 30.3 Å². The van der Waals surface area contributed by atoms with Crippen LogP contribution in [0.15, 0.2) is 48.5 Å². The maximum absolute atomic E-state index is 13.4. The van der Waals surface area contributed by atoms with E-state index in [1.54, 1.807) is 14.2 Å². The Morgan fingerprint density at radius 3 is 2.38 bits per heavy atom. The second-order valence-electron chi connectivity index (χ2n) is 7.17. The Balaban J connectivity index is 0.00000240. The minimum atomic E-state index is -0.137. The molecular formula is C22H28ClN3O3. The maximum atomic E-state index is 13.4. The number of amides is 1. The first-order chi connectivity index (χ1) is 13.7. The molecule has 0 radical (unpaired) electrons. The zero-order valence-electron chi connectivity index (χ0n) is 16.8. The predicted octanol–water partition coefficient (Wildman–Crippen LogP) is 2.88. The van der Waals surface area contributed by atoms with Crippen LogP contribution in [0.4, 0.5) is 5.69 Å². The van der Waals surface area contributed by atoms with E-state index in [0.717, 1.165) is 48.8 Å². The molecule has 0 aromatic heterocycles. The van der Waals surface area contributed by atoms with Crippen LogP contribution >= 0.6 is 12.4 Å². The average Bonchev–Trinajstić information content (AvgIpc) is 3.14. The Morgan fingerprint density at radius 2 is 1.62 bits per heavy atom. The first kappa shape index (κ1) is 21.4. The third kappa shape index (κ3) is 4.06. The van der Waals surface area contributed by atoms with Crippen molar-refractivity contribution < 1.29 is 14.3 Å². The van der Waals surface area contributed by atoms with Crippen LogP contribution in [-0.2, 0) is 4.79 Å². The van der Waals surface area contributed by atoms with E-state index in [1.807, 2.05) is 47.4 Å². The highest BCUT2D eigenvalue weighted by molar-refractivity contribution is 6.00. The van der Waals surface area contributed by atoms with Gasteiger partial charge in [-0.05, 0) is 24.6 Å². The number of rotatable bonds is 5. The van der Waals surface area contributed by atoms with E-state index in [9.17, 15) is 4.79 Å². The molecule has 2 aromatic rings. The number of methoxy groups -OCH3 is 2.